The maximum Gasteiger partial charge on any atom is 0.410 e. The summed E-state index contributed by atoms with van der Waals surface area (Å²) >= 11 is 1.22. The van der Waals surface area contributed by atoms with Crippen molar-refractivity contribution in [2.75, 3.05) is 29.9 Å². The molecule has 0 saturated carbocycles. The lowest BCUT2D eigenvalue weighted by molar-refractivity contribution is -0.126. The van der Waals surface area contributed by atoms with Gasteiger partial charge in [-0.05, 0) is 66.6 Å². The molecule has 0 aliphatic carbocycles. The fraction of sp³-hybridized carbons (Fsp3) is 0.333. The zero-order valence-corrected chi connectivity index (χ0v) is 26.5. The van der Waals surface area contributed by atoms with E-state index in [9.17, 15) is 27.2 Å². The molecule has 3 fully saturated rings. The Bertz CT molecular complexity index is 1750. The van der Waals surface area contributed by atoms with E-state index in [0.29, 0.717) is 47.9 Å². The van der Waals surface area contributed by atoms with Crippen LogP contribution in [0.15, 0.2) is 83.9 Å². The number of nitrogens with one attached hydrogen (secondary N) is 1. The van der Waals surface area contributed by atoms with E-state index in [2.05, 4.69) is 10.3 Å². The number of sulfone groups is 1. The van der Waals surface area contributed by atoms with Gasteiger partial charge < -0.3 is 10.1 Å². The van der Waals surface area contributed by atoms with E-state index in [1.54, 1.807) is 30.3 Å². The number of amidine groups is 1. The second-order valence-corrected chi connectivity index (χ2v) is 14.9. The van der Waals surface area contributed by atoms with Gasteiger partial charge in [0.25, 0.3) is 0 Å². The van der Waals surface area contributed by atoms with Crippen molar-refractivity contribution in [3.63, 3.8) is 0 Å². The summed E-state index contributed by atoms with van der Waals surface area (Å²) in [7, 11) is -3.14. The quantitative estimate of drug-likeness (QED) is 0.346. The Morgan fingerprint density at radius 1 is 1.02 bits per heavy atom. The number of anilines is 1. The van der Waals surface area contributed by atoms with Crippen molar-refractivity contribution < 1.29 is 31.9 Å². The van der Waals surface area contributed by atoms with Gasteiger partial charge in [0.15, 0.2) is 15.0 Å². The predicted molar refractivity (Wildman–Crippen MR) is 174 cm³/mol. The monoisotopic (exact) mass is 664 g/mol. The SMILES string of the molecule is O=C(Nc1ccc(C2SC(=Nc3cccc(F)c3)N(CC3CCS(=O)(=O)C3)C2=O)cc1)[C@H]1CCCN1C(=O)OCc1ccccc1. The third kappa shape index (κ3) is 7.42. The second-order valence-electron chi connectivity index (χ2n) is 11.6. The molecule has 13 heteroatoms. The maximum atomic E-state index is 13.9. The number of likely N-dealkylation sites (tertiary alicyclic amines) is 1. The number of hydrogen-bond donors (Lipinski definition) is 1. The van der Waals surface area contributed by atoms with E-state index in [-0.39, 0.29) is 42.4 Å². The Morgan fingerprint density at radius 3 is 2.52 bits per heavy atom. The number of rotatable bonds is 8. The molecule has 0 aromatic heterocycles. The van der Waals surface area contributed by atoms with E-state index in [4.69, 9.17) is 4.74 Å². The normalized spacial score (nSPS) is 23.2. The van der Waals surface area contributed by atoms with Crippen molar-refractivity contribution in [3.05, 3.63) is 95.8 Å². The first-order valence-electron chi connectivity index (χ1n) is 15.1. The van der Waals surface area contributed by atoms with Crippen molar-refractivity contribution in [1.29, 1.82) is 0 Å². The van der Waals surface area contributed by atoms with Crippen LogP contribution in [-0.2, 0) is 30.8 Å². The molecule has 3 amide bonds. The molecule has 3 aromatic rings. The van der Waals surface area contributed by atoms with E-state index in [0.717, 1.165) is 5.56 Å². The van der Waals surface area contributed by atoms with Crippen molar-refractivity contribution in [3.8, 4) is 0 Å². The third-order valence-corrected chi connectivity index (χ3v) is 11.3. The number of aliphatic imine (C=N–C) groups is 1. The van der Waals surface area contributed by atoms with Gasteiger partial charge in [0.1, 0.15) is 23.7 Å². The fourth-order valence-corrected chi connectivity index (χ4v) is 8.91. The van der Waals surface area contributed by atoms with Crippen LogP contribution in [0.3, 0.4) is 0 Å². The smallest absolute Gasteiger partial charge is 0.410 e. The molecule has 2 unspecified atom stereocenters. The highest BCUT2D eigenvalue weighted by Crippen LogP contribution is 2.41. The van der Waals surface area contributed by atoms with Gasteiger partial charge >= 0.3 is 6.09 Å². The van der Waals surface area contributed by atoms with Gasteiger partial charge in [0.2, 0.25) is 11.8 Å². The Kier molecular flexibility index (Phi) is 9.41. The summed E-state index contributed by atoms with van der Waals surface area (Å²) in [5.74, 6) is -1.13. The van der Waals surface area contributed by atoms with E-state index >= 15 is 0 Å². The van der Waals surface area contributed by atoms with E-state index in [1.807, 2.05) is 30.3 Å². The number of amides is 3. The molecule has 0 spiro atoms. The zero-order chi connectivity index (χ0) is 32.3. The Hall–Kier alpha value is -4.23. The molecule has 6 rings (SSSR count). The van der Waals surface area contributed by atoms with Crippen LogP contribution in [0.1, 0.15) is 35.6 Å². The minimum Gasteiger partial charge on any atom is -0.445 e. The van der Waals surface area contributed by atoms with Crippen LogP contribution in [-0.4, -0.2) is 71.9 Å². The van der Waals surface area contributed by atoms with Crippen LogP contribution >= 0.6 is 11.8 Å². The molecule has 3 aliphatic heterocycles. The highest BCUT2D eigenvalue weighted by molar-refractivity contribution is 8.15. The van der Waals surface area contributed by atoms with Gasteiger partial charge in [0, 0.05) is 18.8 Å². The zero-order valence-electron chi connectivity index (χ0n) is 24.9. The summed E-state index contributed by atoms with van der Waals surface area (Å²) in [5, 5.41) is 2.60. The average molecular weight is 665 g/mol. The van der Waals surface area contributed by atoms with Crippen LogP contribution in [0.4, 0.5) is 20.6 Å². The van der Waals surface area contributed by atoms with E-state index in [1.165, 1.54) is 39.8 Å². The number of benzene rings is 3. The first-order chi connectivity index (χ1) is 22.1. The lowest BCUT2D eigenvalue weighted by atomic mass is 10.1. The highest BCUT2D eigenvalue weighted by Gasteiger charge is 2.42. The van der Waals surface area contributed by atoms with Crippen LogP contribution in [0, 0.1) is 11.7 Å². The Morgan fingerprint density at radius 2 is 1.80 bits per heavy atom. The van der Waals surface area contributed by atoms with E-state index < -0.39 is 33.0 Å². The summed E-state index contributed by atoms with van der Waals surface area (Å²) in [6, 6.07) is 21.3. The first kappa shape index (κ1) is 31.7. The summed E-state index contributed by atoms with van der Waals surface area (Å²) in [5.41, 5.74) is 2.39. The van der Waals surface area contributed by atoms with Crippen molar-refractivity contribution in [1.82, 2.24) is 9.80 Å². The Balaban J connectivity index is 1.12. The maximum absolute atomic E-state index is 13.9. The number of carbonyl (C=O) groups excluding carboxylic acids is 3. The van der Waals surface area contributed by atoms with Crippen LogP contribution < -0.4 is 5.32 Å². The fourth-order valence-electron chi connectivity index (χ4n) is 5.88. The molecule has 240 valence electrons. The molecule has 3 atom stereocenters. The molecular weight excluding hydrogens is 632 g/mol. The van der Waals surface area contributed by atoms with Crippen molar-refractivity contribution >= 4 is 56.0 Å². The lowest BCUT2D eigenvalue weighted by Crippen LogP contribution is -2.43. The topological polar surface area (TPSA) is 125 Å². The van der Waals surface area contributed by atoms with Crippen molar-refractivity contribution in [2.45, 2.75) is 37.2 Å². The van der Waals surface area contributed by atoms with Gasteiger partial charge in [0.05, 0.1) is 17.2 Å². The molecule has 46 heavy (non-hydrogen) atoms. The molecule has 3 saturated heterocycles. The molecule has 1 N–H and O–H groups in total. The van der Waals surface area contributed by atoms with Crippen LogP contribution in [0.25, 0.3) is 0 Å². The Labute approximate surface area is 270 Å². The minimum absolute atomic E-state index is 0.0108. The molecule has 3 heterocycles. The van der Waals surface area contributed by atoms with Crippen LogP contribution in [0.2, 0.25) is 0 Å². The van der Waals surface area contributed by atoms with Gasteiger partial charge in [-0.3, -0.25) is 19.4 Å². The van der Waals surface area contributed by atoms with Gasteiger partial charge in [-0.25, -0.2) is 22.6 Å². The molecular formula is C33H33FN4O6S2. The number of nitrogens with zero attached hydrogens (tertiary/aromatic N) is 3. The first-order valence-corrected chi connectivity index (χ1v) is 17.8. The molecule has 0 bridgehead atoms. The average Bonchev–Trinajstić information content (AvgIpc) is 3.75. The summed E-state index contributed by atoms with van der Waals surface area (Å²) in [6.45, 7) is 0.750. The number of halogens is 1. The summed E-state index contributed by atoms with van der Waals surface area (Å²) in [4.78, 5) is 47.1. The third-order valence-electron chi connectivity index (χ3n) is 8.22. The van der Waals surface area contributed by atoms with Crippen LogP contribution in [0.5, 0.6) is 0 Å². The summed E-state index contributed by atoms with van der Waals surface area (Å²) < 4.78 is 43.5. The molecule has 3 aromatic carbocycles. The lowest BCUT2D eigenvalue weighted by Gasteiger charge is -2.23. The highest BCUT2D eigenvalue weighted by atomic mass is 32.2. The number of thioether (sulfide) groups is 1. The number of hydrogen-bond acceptors (Lipinski definition) is 8. The van der Waals surface area contributed by atoms with Gasteiger partial charge in [-0.15, -0.1) is 0 Å². The molecule has 3 aliphatic rings. The van der Waals surface area contributed by atoms with Gasteiger partial charge in [-0.1, -0.05) is 60.3 Å². The number of carbonyl (C=O) groups is 3. The minimum atomic E-state index is -3.14. The van der Waals surface area contributed by atoms with Gasteiger partial charge in [-0.2, -0.15) is 0 Å². The number of ether oxygens (including phenoxy) is 1. The summed E-state index contributed by atoms with van der Waals surface area (Å²) in [6.07, 6.45) is 1.13. The standard InChI is InChI=1S/C33H33FN4O6S2/c34-25-8-4-9-27(18-25)36-32-38(19-23-15-17-46(42,43)21-23)31(40)29(45-32)24-11-13-26(14-12-24)35-30(39)28-10-5-16-37(28)33(41)44-20-22-6-2-1-3-7-22/h1-4,6-9,11-14,18,23,28-29H,5,10,15-17,19-21H2,(H,35,39)/t23?,28-,29?/m1/s1. The predicted octanol–water partition coefficient (Wildman–Crippen LogP) is 5.30. The molecule has 0 radical (unpaired) electrons. The second kappa shape index (κ2) is 13.6. The van der Waals surface area contributed by atoms with Crippen molar-refractivity contribution in [2.24, 2.45) is 10.9 Å². The molecule has 10 nitrogen and oxygen atoms in total. The largest absolute Gasteiger partial charge is 0.445 e.